The summed E-state index contributed by atoms with van der Waals surface area (Å²) in [5.74, 6) is 1.89. The van der Waals surface area contributed by atoms with Gasteiger partial charge in [-0.3, -0.25) is 0 Å². The lowest BCUT2D eigenvalue weighted by Gasteiger charge is -2.14. The quantitative estimate of drug-likeness (QED) is 0.547. The third-order valence-electron chi connectivity index (χ3n) is 1.41. The number of nitrogens with one attached hydrogen (secondary N) is 1. The van der Waals surface area contributed by atoms with E-state index < -0.39 is 0 Å². The summed E-state index contributed by atoms with van der Waals surface area (Å²) in [6.07, 6.45) is 1.70. The average Bonchev–Trinajstić information content (AvgIpc) is 2.34. The van der Waals surface area contributed by atoms with Gasteiger partial charge in [0.2, 0.25) is 5.75 Å². The van der Waals surface area contributed by atoms with Gasteiger partial charge in [0.1, 0.15) is 19.0 Å². The molecule has 0 saturated carbocycles. The van der Waals surface area contributed by atoms with E-state index in [0.717, 1.165) is 0 Å². The summed E-state index contributed by atoms with van der Waals surface area (Å²) in [5, 5.41) is 0. The minimum absolute atomic E-state index is 0.537. The molecule has 0 radical (unpaired) electrons. The molecule has 1 aliphatic rings. The van der Waals surface area contributed by atoms with Gasteiger partial charge in [-0.25, -0.2) is 0 Å². The van der Waals surface area contributed by atoms with E-state index in [1.165, 1.54) is 0 Å². The van der Waals surface area contributed by atoms with Gasteiger partial charge < -0.3 is 20.2 Å². The molecule has 0 bridgehead atoms. The van der Waals surface area contributed by atoms with Gasteiger partial charge in [0.15, 0.2) is 5.75 Å². The van der Waals surface area contributed by atoms with Gasteiger partial charge in [-0.05, 0) is 0 Å². The molecule has 3 N–H and O–H groups in total. The zero-order valence-corrected chi connectivity index (χ0v) is 5.39. The molecule has 54 valence electrons. The van der Waals surface area contributed by atoms with Gasteiger partial charge in [-0.2, -0.15) is 0 Å². The zero-order chi connectivity index (χ0) is 6.97. The molecule has 0 fully saturated rings. The van der Waals surface area contributed by atoms with Crippen molar-refractivity contribution in [2.45, 2.75) is 0 Å². The number of rotatable bonds is 0. The highest BCUT2D eigenvalue weighted by Crippen LogP contribution is 2.34. The molecule has 4 nitrogen and oxygen atoms in total. The summed E-state index contributed by atoms with van der Waals surface area (Å²) in [6.45, 7) is 1.18. The lowest BCUT2D eigenvalue weighted by molar-refractivity contribution is 0.174. The highest BCUT2D eigenvalue weighted by atomic mass is 16.6. The first-order valence-corrected chi connectivity index (χ1v) is 3.10. The Morgan fingerprint density at radius 3 is 3.00 bits per heavy atom. The van der Waals surface area contributed by atoms with Crippen molar-refractivity contribution in [2.24, 2.45) is 0 Å². The first-order valence-electron chi connectivity index (χ1n) is 3.10. The number of fused-ring (bicyclic) bond motifs is 1. The van der Waals surface area contributed by atoms with E-state index in [0.29, 0.717) is 30.5 Å². The predicted octanol–water partition coefficient (Wildman–Crippen LogP) is 0.368. The first kappa shape index (κ1) is 5.46. The predicted molar refractivity (Wildman–Crippen MR) is 36.2 cm³/mol. The van der Waals surface area contributed by atoms with Gasteiger partial charge >= 0.3 is 0 Å². The van der Waals surface area contributed by atoms with Crippen LogP contribution in [0.2, 0.25) is 0 Å². The largest absolute Gasteiger partial charge is 0.484 e. The summed E-state index contributed by atoms with van der Waals surface area (Å²) in [6, 6.07) is 0. The van der Waals surface area contributed by atoms with Crippen LogP contribution in [0.15, 0.2) is 6.20 Å². The number of aromatic amines is 1. The van der Waals surface area contributed by atoms with Crippen molar-refractivity contribution in [3.05, 3.63) is 6.20 Å². The van der Waals surface area contributed by atoms with Crippen LogP contribution in [0.5, 0.6) is 11.5 Å². The second-order valence-electron chi connectivity index (χ2n) is 2.09. The van der Waals surface area contributed by atoms with E-state index in [1.54, 1.807) is 6.20 Å². The number of nitrogen functional groups attached to an aromatic ring is 1. The van der Waals surface area contributed by atoms with Crippen molar-refractivity contribution >= 4 is 5.82 Å². The standard InChI is InChI=1S/C6H8N2O2/c7-6-5-4(3-8-6)9-1-2-10-5/h3,8H,1-2,7H2. The Morgan fingerprint density at radius 2 is 2.20 bits per heavy atom. The van der Waals surface area contributed by atoms with E-state index in [9.17, 15) is 0 Å². The summed E-state index contributed by atoms with van der Waals surface area (Å²) in [5.41, 5.74) is 5.50. The lowest BCUT2D eigenvalue weighted by atomic mass is 10.5. The number of nitrogens with two attached hydrogens (primary N) is 1. The molecule has 2 rings (SSSR count). The van der Waals surface area contributed by atoms with E-state index >= 15 is 0 Å². The maximum Gasteiger partial charge on any atom is 0.203 e. The van der Waals surface area contributed by atoms with Crippen molar-refractivity contribution in [2.75, 3.05) is 18.9 Å². The fourth-order valence-electron chi connectivity index (χ4n) is 0.959. The number of H-pyrrole nitrogens is 1. The van der Waals surface area contributed by atoms with Crippen molar-refractivity contribution in [1.29, 1.82) is 0 Å². The van der Waals surface area contributed by atoms with Crippen LogP contribution in [0.4, 0.5) is 5.82 Å². The summed E-state index contributed by atoms with van der Waals surface area (Å²) < 4.78 is 10.4. The van der Waals surface area contributed by atoms with Crippen LogP contribution in [-0.2, 0) is 0 Å². The van der Waals surface area contributed by atoms with Gasteiger partial charge in [0, 0.05) is 6.20 Å². The van der Waals surface area contributed by atoms with Gasteiger partial charge in [0.05, 0.1) is 0 Å². The molecule has 0 amide bonds. The number of hydrogen-bond donors (Lipinski definition) is 2. The molecule has 0 saturated heterocycles. The average molecular weight is 140 g/mol. The molecule has 0 aromatic carbocycles. The van der Waals surface area contributed by atoms with E-state index in [-0.39, 0.29) is 0 Å². The minimum atomic E-state index is 0.537. The maximum absolute atomic E-state index is 5.50. The Kier molecular flexibility index (Phi) is 1.00. The molecule has 1 aromatic rings. The zero-order valence-electron chi connectivity index (χ0n) is 5.39. The summed E-state index contributed by atoms with van der Waals surface area (Å²) >= 11 is 0. The Bertz CT molecular complexity index is 244. The lowest BCUT2D eigenvalue weighted by Crippen LogP contribution is -2.14. The van der Waals surface area contributed by atoms with E-state index in [2.05, 4.69) is 4.98 Å². The molecule has 0 atom stereocenters. The molecule has 0 unspecified atom stereocenters. The van der Waals surface area contributed by atoms with Gasteiger partial charge in [0.25, 0.3) is 0 Å². The van der Waals surface area contributed by atoms with E-state index in [1.807, 2.05) is 0 Å². The van der Waals surface area contributed by atoms with E-state index in [4.69, 9.17) is 15.2 Å². The summed E-state index contributed by atoms with van der Waals surface area (Å²) in [7, 11) is 0. The third kappa shape index (κ3) is 0.618. The highest BCUT2D eigenvalue weighted by molar-refractivity contribution is 5.56. The van der Waals surface area contributed by atoms with Gasteiger partial charge in [-0.15, -0.1) is 0 Å². The second-order valence-corrected chi connectivity index (χ2v) is 2.09. The fraction of sp³-hybridized carbons (Fsp3) is 0.333. The summed E-state index contributed by atoms with van der Waals surface area (Å²) in [4.78, 5) is 2.81. The van der Waals surface area contributed by atoms with Crippen LogP contribution >= 0.6 is 0 Å². The number of anilines is 1. The molecule has 1 aliphatic heterocycles. The Labute approximate surface area is 57.9 Å². The van der Waals surface area contributed by atoms with Crippen LogP contribution < -0.4 is 15.2 Å². The van der Waals surface area contributed by atoms with Crippen LogP contribution in [0.25, 0.3) is 0 Å². The highest BCUT2D eigenvalue weighted by Gasteiger charge is 2.15. The Hall–Kier alpha value is -1.32. The third-order valence-corrected chi connectivity index (χ3v) is 1.41. The minimum Gasteiger partial charge on any atom is -0.484 e. The monoisotopic (exact) mass is 140 g/mol. The topological polar surface area (TPSA) is 60.3 Å². The molecular formula is C6H8N2O2. The van der Waals surface area contributed by atoms with Crippen LogP contribution in [0, 0.1) is 0 Å². The van der Waals surface area contributed by atoms with Crippen LogP contribution in [-0.4, -0.2) is 18.2 Å². The smallest absolute Gasteiger partial charge is 0.203 e. The van der Waals surface area contributed by atoms with Gasteiger partial charge in [-0.1, -0.05) is 0 Å². The molecule has 2 heterocycles. The maximum atomic E-state index is 5.50. The molecule has 0 spiro atoms. The molecule has 4 heteroatoms. The van der Waals surface area contributed by atoms with Crippen molar-refractivity contribution in [3.63, 3.8) is 0 Å². The van der Waals surface area contributed by atoms with Crippen molar-refractivity contribution in [1.82, 2.24) is 4.98 Å². The number of aromatic nitrogens is 1. The Balaban J connectivity index is 2.45. The molecule has 0 aliphatic carbocycles. The van der Waals surface area contributed by atoms with Crippen molar-refractivity contribution in [3.8, 4) is 11.5 Å². The Morgan fingerprint density at radius 1 is 1.40 bits per heavy atom. The molecule has 1 aromatic heterocycles. The fourth-order valence-corrected chi connectivity index (χ4v) is 0.959. The molecular weight excluding hydrogens is 132 g/mol. The second kappa shape index (κ2) is 1.83. The van der Waals surface area contributed by atoms with Crippen molar-refractivity contribution < 1.29 is 9.47 Å². The first-order chi connectivity index (χ1) is 4.88. The number of ether oxygens (including phenoxy) is 2. The molecule has 10 heavy (non-hydrogen) atoms. The van der Waals surface area contributed by atoms with Crippen LogP contribution in [0.3, 0.4) is 0 Å². The normalized spacial score (nSPS) is 15.2. The van der Waals surface area contributed by atoms with Crippen LogP contribution in [0.1, 0.15) is 0 Å². The number of hydrogen-bond acceptors (Lipinski definition) is 3. The SMILES string of the molecule is Nc1[nH]cc2c1OCCO2.